The van der Waals surface area contributed by atoms with Crippen molar-refractivity contribution in [3.05, 3.63) is 26.6 Å². The Morgan fingerprint density at radius 3 is 2.32 bits per heavy atom. The Balaban J connectivity index is 1.22. The second-order valence-corrected chi connectivity index (χ2v) is 11.1. The van der Waals surface area contributed by atoms with Gasteiger partial charge in [-0.1, -0.05) is 15.9 Å². The molecule has 0 heterocycles. The van der Waals surface area contributed by atoms with Crippen LogP contribution in [0.2, 0.25) is 0 Å². The van der Waals surface area contributed by atoms with Crippen LogP contribution >= 0.6 is 31.9 Å². The molecule has 4 fully saturated rings. The normalized spacial score (nSPS) is 29.0. The average molecular weight is 555 g/mol. The molecule has 0 aromatic heterocycles. The van der Waals surface area contributed by atoms with E-state index in [1.807, 2.05) is 19.1 Å². The molecule has 0 saturated heterocycles. The van der Waals surface area contributed by atoms with Gasteiger partial charge in [0.15, 0.2) is 6.61 Å². The van der Waals surface area contributed by atoms with Crippen molar-refractivity contribution in [2.75, 3.05) is 6.61 Å². The van der Waals surface area contributed by atoms with Gasteiger partial charge < -0.3 is 10.1 Å². The van der Waals surface area contributed by atoms with Gasteiger partial charge in [0.05, 0.1) is 10.9 Å². The maximum absolute atomic E-state index is 12.6. The number of carbonyl (C=O) groups excluding carboxylic acids is 2. The number of carbonyl (C=O) groups is 2. The van der Waals surface area contributed by atoms with Gasteiger partial charge in [0.2, 0.25) is 5.91 Å². The van der Waals surface area contributed by atoms with Crippen LogP contribution in [0.1, 0.15) is 51.0 Å². The van der Waals surface area contributed by atoms with Gasteiger partial charge in [-0.25, -0.2) is 5.43 Å². The minimum atomic E-state index is -0.367. The number of hydrogen-bond donors (Lipinski definition) is 2. The third kappa shape index (κ3) is 5.51. The third-order valence-corrected chi connectivity index (χ3v) is 8.39. The van der Waals surface area contributed by atoms with E-state index in [1.165, 1.54) is 32.1 Å². The second-order valence-electron chi connectivity index (χ2n) is 9.40. The summed E-state index contributed by atoms with van der Waals surface area (Å²) in [5.41, 5.74) is 4.07. The summed E-state index contributed by atoms with van der Waals surface area (Å²) in [5.74, 6) is 3.29. The van der Waals surface area contributed by atoms with Crippen LogP contribution < -0.4 is 15.5 Å². The minimum Gasteiger partial charge on any atom is -0.483 e. The first kappa shape index (κ1) is 22.8. The zero-order chi connectivity index (χ0) is 22.1. The fourth-order valence-corrected chi connectivity index (χ4v) is 6.85. The first-order valence-electron chi connectivity index (χ1n) is 11.0. The van der Waals surface area contributed by atoms with Gasteiger partial charge in [0, 0.05) is 16.2 Å². The van der Waals surface area contributed by atoms with Crippen molar-refractivity contribution in [1.29, 1.82) is 0 Å². The average Bonchev–Trinajstić information content (AvgIpc) is 2.70. The molecule has 0 radical (unpaired) electrons. The topological polar surface area (TPSA) is 79.8 Å². The smallest absolute Gasteiger partial charge is 0.277 e. The molecule has 0 unspecified atom stereocenters. The molecule has 4 bridgehead atoms. The summed E-state index contributed by atoms with van der Waals surface area (Å²) in [6.07, 6.45) is 6.69. The second kappa shape index (κ2) is 9.61. The Kier molecular flexibility index (Phi) is 7.06. The van der Waals surface area contributed by atoms with Crippen molar-refractivity contribution >= 4 is 49.4 Å². The summed E-state index contributed by atoms with van der Waals surface area (Å²) in [7, 11) is 0. The molecule has 6 nitrogen and oxygen atoms in total. The molecule has 31 heavy (non-hydrogen) atoms. The summed E-state index contributed by atoms with van der Waals surface area (Å²) >= 11 is 6.88. The van der Waals surface area contributed by atoms with Gasteiger partial charge in [-0.15, -0.1) is 0 Å². The van der Waals surface area contributed by atoms with E-state index in [2.05, 4.69) is 47.7 Å². The first-order valence-corrected chi connectivity index (χ1v) is 12.6. The number of hydrazone groups is 1. The highest BCUT2D eigenvalue weighted by molar-refractivity contribution is 9.11. The predicted octanol–water partition coefficient (Wildman–Crippen LogP) is 4.72. The lowest BCUT2D eigenvalue weighted by molar-refractivity contribution is -0.124. The van der Waals surface area contributed by atoms with Crippen molar-refractivity contribution in [2.45, 2.75) is 58.4 Å². The molecule has 5 rings (SSSR count). The fraction of sp³-hybridized carbons (Fsp3) is 0.609. The molecule has 0 atom stereocenters. The van der Waals surface area contributed by atoms with Crippen LogP contribution in [0.5, 0.6) is 5.75 Å². The third-order valence-electron chi connectivity index (χ3n) is 6.91. The summed E-state index contributed by atoms with van der Waals surface area (Å²) in [6, 6.07) is 4.06. The standard InChI is InChI=1S/C23H29Br2N3O3/c1-12-3-20(19(25)10-18(12)24)31-11-22(30)28-27-13(2)4-21(29)26-23-16-6-14-5-15(8-16)9-17(23)7-14/h3,10,14-17,23H,4-9,11H2,1-2H3,(H,26,29)(H,28,30). The molecule has 168 valence electrons. The number of rotatable bonds is 7. The van der Waals surface area contributed by atoms with Gasteiger partial charge in [-0.05, 0) is 103 Å². The molecule has 4 saturated carbocycles. The first-order chi connectivity index (χ1) is 14.8. The summed E-state index contributed by atoms with van der Waals surface area (Å²) in [4.78, 5) is 24.6. The number of amides is 2. The van der Waals surface area contributed by atoms with Crippen molar-refractivity contribution in [1.82, 2.24) is 10.7 Å². The van der Waals surface area contributed by atoms with Crippen LogP contribution in [-0.2, 0) is 9.59 Å². The molecule has 0 aliphatic heterocycles. The highest BCUT2D eigenvalue weighted by Gasteiger charge is 2.48. The number of nitrogens with zero attached hydrogens (tertiary/aromatic N) is 1. The molecule has 1 aromatic rings. The summed E-state index contributed by atoms with van der Waals surface area (Å²) < 4.78 is 7.30. The van der Waals surface area contributed by atoms with Crippen molar-refractivity contribution < 1.29 is 14.3 Å². The Labute approximate surface area is 200 Å². The Morgan fingerprint density at radius 2 is 1.68 bits per heavy atom. The van der Waals surface area contributed by atoms with Crippen LogP contribution in [0.25, 0.3) is 0 Å². The van der Waals surface area contributed by atoms with Crippen molar-refractivity contribution in [3.8, 4) is 5.75 Å². The summed E-state index contributed by atoms with van der Waals surface area (Å²) in [5, 5.41) is 7.35. The number of ether oxygens (including phenoxy) is 1. The molecular formula is C23H29Br2N3O3. The molecule has 1 aromatic carbocycles. The molecule has 4 aliphatic carbocycles. The van der Waals surface area contributed by atoms with Crippen molar-refractivity contribution in [3.63, 3.8) is 0 Å². The number of nitrogens with one attached hydrogen (secondary N) is 2. The van der Waals surface area contributed by atoms with Gasteiger partial charge in [-0.2, -0.15) is 5.10 Å². The zero-order valence-electron chi connectivity index (χ0n) is 17.9. The highest BCUT2D eigenvalue weighted by atomic mass is 79.9. The highest BCUT2D eigenvalue weighted by Crippen LogP contribution is 2.53. The van der Waals surface area contributed by atoms with E-state index in [-0.39, 0.29) is 24.8 Å². The molecule has 4 aliphatic rings. The zero-order valence-corrected chi connectivity index (χ0v) is 21.1. The van der Waals surface area contributed by atoms with Gasteiger partial charge in [0.1, 0.15) is 5.75 Å². The largest absolute Gasteiger partial charge is 0.483 e. The maximum Gasteiger partial charge on any atom is 0.277 e. The van der Waals surface area contributed by atoms with E-state index in [1.54, 1.807) is 6.92 Å². The number of hydrogen-bond acceptors (Lipinski definition) is 4. The quantitative estimate of drug-likeness (QED) is 0.378. The van der Waals surface area contributed by atoms with E-state index in [9.17, 15) is 9.59 Å². The number of benzene rings is 1. The maximum atomic E-state index is 12.6. The lowest BCUT2D eigenvalue weighted by Gasteiger charge is -2.54. The van der Waals surface area contributed by atoms with Gasteiger partial charge in [0.25, 0.3) is 5.91 Å². The molecule has 0 spiro atoms. The Bertz CT molecular complexity index is 874. The van der Waals surface area contributed by atoms with Crippen LogP contribution in [0.3, 0.4) is 0 Å². The minimum absolute atomic E-state index is 0.00140. The molecule has 8 heteroatoms. The van der Waals surface area contributed by atoms with Gasteiger partial charge >= 0.3 is 0 Å². The van der Waals surface area contributed by atoms with Crippen LogP contribution in [-0.4, -0.2) is 30.2 Å². The van der Waals surface area contributed by atoms with E-state index in [0.29, 0.717) is 29.3 Å². The van der Waals surface area contributed by atoms with Crippen molar-refractivity contribution in [2.24, 2.45) is 28.8 Å². The Morgan fingerprint density at radius 1 is 1.03 bits per heavy atom. The monoisotopic (exact) mass is 553 g/mol. The lowest BCUT2D eigenvalue weighted by Crippen LogP contribution is -2.56. The number of aryl methyl sites for hydroxylation is 1. The molecule has 2 amide bonds. The van der Waals surface area contributed by atoms with E-state index < -0.39 is 0 Å². The molecule has 2 N–H and O–H groups in total. The van der Waals surface area contributed by atoms with Crippen LogP contribution in [0, 0.1) is 30.6 Å². The fourth-order valence-electron chi connectivity index (χ4n) is 5.74. The lowest BCUT2D eigenvalue weighted by atomic mass is 9.54. The van der Waals surface area contributed by atoms with E-state index in [4.69, 9.17) is 4.74 Å². The Hall–Kier alpha value is -1.41. The van der Waals surface area contributed by atoms with Crippen LogP contribution in [0.15, 0.2) is 26.2 Å². The van der Waals surface area contributed by atoms with E-state index in [0.717, 1.165) is 26.3 Å². The SMILES string of the molecule is CC(CC(=O)NC1C2CC3CC(C2)CC1C3)=NNC(=O)COc1cc(C)c(Br)cc1Br. The summed E-state index contributed by atoms with van der Waals surface area (Å²) in [6.45, 7) is 3.55. The molecular weight excluding hydrogens is 526 g/mol. The predicted molar refractivity (Wildman–Crippen MR) is 127 cm³/mol. The van der Waals surface area contributed by atoms with Crippen LogP contribution in [0.4, 0.5) is 0 Å². The van der Waals surface area contributed by atoms with E-state index >= 15 is 0 Å². The number of halogens is 2. The van der Waals surface area contributed by atoms with Gasteiger partial charge in [-0.3, -0.25) is 9.59 Å².